The highest BCUT2D eigenvalue weighted by Crippen LogP contribution is 2.36. The maximum absolute atomic E-state index is 13.7. The second-order valence-corrected chi connectivity index (χ2v) is 9.60. The molecule has 0 aliphatic carbocycles. The lowest BCUT2D eigenvalue weighted by Gasteiger charge is -2.36. The van der Waals surface area contributed by atoms with Crippen molar-refractivity contribution >= 4 is 17.8 Å². The van der Waals surface area contributed by atoms with Crippen LogP contribution in [-0.2, 0) is 0 Å². The summed E-state index contributed by atoms with van der Waals surface area (Å²) in [6.45, 7) is 5.36. The molecular formula is C22H32FN3OS. The quantitative estimate of drug-likeness (QED) is 0.794. The molecule has 4 rings (SSSR count). The molecule has 1 N–H and O–H groups in total. The molecule has 3 heterocycles. The van der Waals surface area contributed by atoms with Crippen molar-refractivity contribution in [2.45, 2.75) is 55.9 Å². The van der Waals surface area contributed by atoms with E-state index in [0.717, 1.165) is 48.6 Å². The van der Waals surface area contributed by atoms with Crippen molar-refractivity contribution in [1.29, 1.82) is 0 Å². The lowest BCUT2D eigenvalue weighted by molar-refractivity contribution is 0.145. The van der Waals surface area contributed by atoms with Gasteiger partial charge in [0.2, 0.25) is 0 Å². The number of thioether (sulfide) groups is 1. The first-order chi connectivity index (χ1) is 13.7. The third-order valence-electron chi connectivity index (χ3n) is 6.43. The van der Waals surface area contributed by atoms with Gasteiger partial charge in [-0.05, 0) is 74.9 Å². The summed E-state index contributed by atoms with van der Waals surface area (Å²) in [5.74, 6) is 1.44. The third kappa shape index (κ3) is 5.01. The normalized spacial score (nSPS) is 24.5. The zero-order valence-electron chi connectivity index (χ0n) is 16.7. The number of benzene rings is 1. The molecule has 1 aromatic carbocycles. The van der Waals surface area contributed by atoms with Gasteiger partial charge in [-0.3, -0.25) is 0 Å². The Kier molecular flexibility index (Phi) is 6.78. The molecule has 0 aromatic heterocycles. The maximum Gasteiger partial charge on any atom is 0.317 e. The van der Waals surface area contributed by atoms with Crippen molar-refractivity contribution in [2.24, 2.45) is 5.92 Å². The zero-order chi connectivity index (χ0) is 19.3. The second-order valence-electron chi connectivity index (χ2n) is 8.47. The number of fused-ring (bicyclic) bond motifs is 1. The number of hydrogen-bond acceptors (Lipinski definition) is 3. The number of nitrogens with zero attached hydrogens (tertiary/aromatic N) is 2. The lowest BCUT2D eigenvalue weighted by Crippen LogP contribution is -2.47. The van der Waals surface area contributed by atoms with Crippen molar-refractivity contribution in [3.8, 4) is 0 Å². The summed E-state index contributed by atoms with van der Waals surface area (Å²) in [6.07, 6.45) is 8.47. The van der Waals surface area contributed by atoms with Gasteiger partial charge in [0, 0.05) is 30.3 Å². The molecule has 2 fully saturated rings. The fraction of sp³-hybridized carbons (Fsp3) is 0.682. The first-order valence-corrected chi connectivity index (χ1v) is 11.9. The first kappa shape index (κ1) is 20.0. The Labute approximate surface area is 172 Å². The van der Waals surface area contributed by atoms with Gasteiger partial charge < -0.3 is 15.1 Å². The summed E-state index contributed by atoms with van der Waals surface area (Å²) in [4.78, 5) is 18.5. The highest BCUT2D eigenvalue weighted by molar-refractivity contribution is 7.99. The number of urea groups is 1. The topological polar surface area (TPSA) is 35.6 Å². The molecule has 0 radical (unpaired) electrons. The van der Waals surface area contributed by atoms with E-state index in [9.17, 15) is 9.18 Å². The van der Waals surface area contributed by atoms with E-state index < -0.39 is 0 Å². The van der Waals surface area contributed by atoms with E-state index in [1.165, 1.54) is 51.4 Å². The minimum absolute atomic E-state index is 0.0142. The molecule has 1 atom stereocenters. The van der Waals surface area contributed by atoms with Crippen LogP contribution in [0.15, 0.2) is 23.1 Å². The summed E-state index contributed by atoms with van der Waals surface area (Å²) in [5.41, 5.74) is 0.931. The lowest BCUT2D eigenvalue weighted by atomic mass is 9.96. The van der Waals surface area contributed by atoms with Crippen molar-refractivity contribution in [1.82, 2.24) is 15.1 Å². The van der Waals surface area contributed by atoms with Crippen LogP contribution >= 0.6 is 11.8 Å². The van der Waals surface area contributed by atoms with Gasteiger partial charge in [0.1, 0.15) is 5.82 Å². The molecule has 154 valence electrons. The second kappa shape index (κ2) is 9.49. The van der Waals surface area contributed by atoms with Crippen molar-refractivity contribution in [3.05, 3.63) is 29.6 Å². The van der Waals surface area contributed by atoms with Crippen LogP contribution in [0.3, 0.4) is 0 Å². The van der Waals surface area contributed by atoms with Gasteiger partial charge >= 0.3 is 6.03 Å². The van der Waals surface area contributed by atoms with Crippen molar-refractivity contribution in [2.75, 3.05) is 38.5 Å². The zero-order valence-corrected chi connectivity index (χ0v) is 17.5. The van der Waals surface area contributed by atoms with Gasteiger partial charge in [-0.15, -0.1) is 11.8 Å². The monoisotopic (exact) mass is 405 g/mol. The molecule has 0 spiro atoms. The Hall–Kier alpha value is -1.27. The fourth-order valence-electron chi connectivity index (χ4n) is 4.76. The molecule has 2 saturated heterocycles. The summed E-state index contributed by atoms with van der Waals surface area (Å²) < 4.78 is 13.7. The molecule has 28 heavy (non-hydrogen) atoms. The SMILES string of the molecule is O=C(NC1CCSc2ccc(F)cc21)N1CCC(CN2CCCCCC2)CC1. The predicted octanol–water partition coefficient (Wildman–Crippen LogP) is 4.66. The molecule has 2 amide bonds. The van der Waals surface area contributed by atoms with Gasteiger partial charge in [0.25, 0.3) is 0 Å². The largest absolute Gasteiger partial charge is 0.331 e. The first-order valence-electron chi connectivity index (χ1n) is 10.9. The molecule has 1 unspecified atom stereocenters. The number of hydrogen-bond donors (Lipinski definition) is 1. The fourth-order valence-corrected chi connectivity index (χ4v) is 5.86. The average Bonchev–Trinajstić information content (AvgIpc) is 2.98. The van der Waals surface area contributed by atoms with Gasteiger partial charge in [0.15, 0.2) is 0 Å². The van der Waals surface area contributed by atoms with E-state index in [1.54, 1.807) is 17.8 Å². The molecule has 0 bridgehead atoms. The highest BCUT2D eigenvalue weighted by Gasteiger charge is 2.28. The number of piperidine rings is 1. The third-order valence-corrected chi connectivity index (χ3v) is 7.55. The standard InChI is InChI=1S/C22H32FN3OS/c23-18-5-6-21-19(15-18)20(9-14-28-21)24-22(27)26-12-7-17(8-13-26)16-25-10-3-1-2-4-11-25/h5-6,15,17,20H,1-4,7-14,16H2,(H,24,27). The van der Waals surface area contributed by atoms with Crippen LogP contribution in [-0.4, -0.2) is 54.3 Å². The van der Waals surface area contributed by atoms with Crippen molar-refractivity contribution in [3.63, 3.8) is 0 Å². The summed E-state index contributed by atoms with van der Waals surface area (Å²) in [6, 6.07) is 4.86. The van der Waals surface area contributed by atoms with Crippen LogP contribution in [0.25, 0.3) is 0 Å². The van der Waals surface area contributed by atoms with E-state index in [4.69, 9.17) is 0 Å². The van der Waals surface area contributed by atoms with Gasteiger partial charge in [-0.25, -0.2) is 9.18 Å². The van der Waals surface area contributed by atoms with Gasteiger partial charge in [-0.2, -0.15) is 0 Å². The molecule has 4 nitrogen and oxygen atoms in total. The number of likely N-dealkylation sites (tertiary alicyclic amines) is 2. The highest BCUT2D eigenvalue weighted by atomic mass is 32.2. The Morgan fingerprint density at radius 3 is 2.57 bits per heavy atom. The van der Waals surface area contributed by atoms with E-state index in [1.807, 2.05) is 11.0 Å². The maximum atomic E-state index is 13.7. The molecular weight excluding hydrogens is 373 g/mol. The Bertz CT molecular complexity index is 670. The van der Waals surface area contributed by atoms with Crippen LogP contribution in [0.1, 0.15) is 56.6 Å². The summed E-state index contributed by atoms with van der Waals surface area (Å²) in [7, 11) is 0. The molecule has 1 aromatic rings. The Morgan fingerprint density at radius 2 is 1.82 bits per heavy atom. The van der Waals surface area contributed by atoms with E-state index in [0.29, 0.717) is 5.92 Å². The minimum atomic E-state index is -0.227. The van der Waals surface area contributed by atoms with Crippen LogP contribution in [0, 0.1) is 11.7 Å². The van der Waals surface area contributed by atoms with Crippen LogP contribution < -0.4 is 5.32 Å². The minimum Gasteiger partial charge on any atom is -0.331 e. The predicted molar refractivity (Wildman–Crippen MR) is 112 cm³/mol. The van der Waals surface area contributed by atoms with Crippen LogP contribution in [0.4, 0.5) is 9.18 Å². The average molecular weight is 406 g/mol. The molecule has 3 aliphatic heterocycles. The number of rotatable bonds is 3. The molecule has 0 saturated carbocycles. The number of carbonyl (C=O) groups excluding carboxylic acids is 1. The Balaban J connectivity index is 1.27. The summed E-state index contributed by atoms with van der Waals surface area (Å²) in [5, 5.41) is 3.17. The number of nitrogens with one attached hydrogen (secondary N) is 1. The van der Waals surface area contributed by atoms with Gasteiger partial charge in [-0.1, -0.05) is 12.8 Å². The smallest absolute Gasteiger partial charge is 0.317 e. The van der Waals surface area contributed by atoms with Crippen molar-refractivity contribution < 1.29 is 9.18 Å². The summed E-state index contributed by atoms with van der Waals surface area (Å²) >= 11 is 1.75. The number of amides is 2. The molecule has 6 heteroatoms. The van der Waals surface area contributed by atoms with E-state index in [2.05, 4.69) is 10.2 Å². The number of carbonyl (C=O) groups is 1. The molecule has 3 aliphatic rings. The van der Waals surface area contributed by atoms with Gasteiger partial charge in [0.05, 0.1) is 6.04 Å². The Morgan fingerprint density at radius 1 is 1.07 bits per heavy atom. The van der Waals surface area contributed by atoms with Crippen LogP contribution in [0.5, 0.6) is 0 Å². The number of halogens is 1. The van der Waals surface area contributed by atoms with E-state index in [-0.39, 0.29) is 17.9 Å². The van der Waals surface area contributed by atoms with E-state index >= 15 is 0 Å². The van der Waals surface area contributed by atoms with Crippen LogP contribution in [0.2, 0.25) is 0 Å².